The summed E-state index contributed by atoms with van der Waals surface area (Å²) in [5.41, 5.74) is 0.857. The molecule has 0 aliphatic carbocycles. The molecule has 1 saturated heterocycles. The van der Waals surface area contributed by atoms with Crippen molar-refractivity contribution in [3.63, 3.8) is 0 Å². The standard InChI is InChI=1S/C15H20Cl2N2O/c1-10(13-8-12(16)3-4-14(13)17)19-15(20)5-2-11-6-7-18-9-11/h3-4,8,10-11,18H,2,5-7,9H2,1H3,(H,19,20). The van der Waals surface area contributed by atoms with Crippen LogP contribution in [0.25, 0.3) is 0 Å². The van der Waals surface area contributed by atoms with Gasteiger partial charge in [0, 0.05) is 16.5 Å². The molecule has 3 nitrogen and oxygen atoms in total. The predicted octanol–water partition coefficient (Wildman–Crippen LogP) is 3.56. The summed E-state index contributed by atoms with van der Waals surface area (Å²) in [6, 6.07) is 5.17. The quantitative estimate of drug-likeness (QED) is 0.872. The lowest BCUT2D eigenvalue weighted by molar-refractivity contribution is -0.122. The molecule has 1 aromatic rings. The summed E-state index contributed by atoms with van der Waals surface area (Å²) in [5, 5.41) is 7.55. The molecule has 2 unspecified atom stereocenters. The number of hydrogen-bond donors (Lipinski definition) is 2. The van der Waals surface area contributed by atoms with Crippen LogP contribution in [0.2, 0.25) is 10.0 Å². The first-order valence-corrected chi connectivity index (χ1v) is 7.77. The maximum Gasteiger partial charge on any atom is 0.220 e. The number of rotatable bonds is 5. The highest BCUT2D eigenvalue weighted by Gasteiger charge is 2.17. The third kappa shape index (κ3) is 4.37. The van der Waals surface area contributed by atoms with Crippen molar-refractivity contribution >= 4 is 29.1 Å². The Kier molecular flexibility index (Phi) is 5.70. The summed E-state index contributed by atoms with van der Waals surface area (Å²) in [5.74, 6) is 0.700. The van der Waals surface area contributed by atoms with Gasteiger partial charge in [-0.15, -0.1) is 0 Å². The zero-order valence-corrected chi connectivity index (χ0v) is 13.1. The predicted molar refractivity (Wildman–Crippen MR) is 83.2 cm³/mol. The van der Waals surface area contributed by atoms with Crippen LogP contribution in [-0.2, 0) is 4.79 Å². The van der Waals surface area contributed by atoms with E-state index in [4.69, 9.17) is 23.2 Å². The largest absolute Gasteiger partial charge is 0.350 e. The molecule has 1 heterocycles. The lowest BCUT2D eigenvalue weighted by atomic mass is 10.0. The second kappa shape index (κ2) is 7.30. The van der Waals surface area contributed by atoms with Crippen LogP contribution in [0.1, 0.15) is 37.8 Å². The summed E-state index contributed by atoms with van der Waals surface area (Å²) in [4.78, 5) is 12.0. The topological polar surface area (TPSA) is 41.1 Å². The molecular weight excluding hydrogens is 295 g/mol. The lowest BCUT2D eigenvalue weighted by Gasteiger charge is -2.17. The molecule has 2 atom stereocenters. The number of halogens is 2. The van der Waals surface area contributed by atoms with Crippen LogP contribution in [0.4, 0.5) is 0 Å². The summed E-state index contributed by atoms with van der Waals surface area (Å²) < 4.78 is 0. The molecule has 110 valence electrons. The molecule has 1 aromatic carbocycles. The van der Waals surface area contributed by atoms with Gasteiger partial charge in [0.25, 0.3) is 0 Å². The first-order valence-electron chi connectivity index (χ1n) is 7.01. The maximum atomic E-state index is 12.0. The molecule has 1 fully saturated rings. The highest BCUT2D eigenvalue weighted by atomic mass is 35.5. The lowest BCUT2D eigenvalue weighted by Crippen LogP contribution is -2.27. The number of hydrogen-bond acceptors (Lipinski definition) is 2. The van der Waals surface area contributed by atoms with Gasteiger partial charge in [0.05, 0.1) is 6.04 Å². The fraction of sp³-hybridized carbons (Fsp3) is 0.533. The number of carbonyl (C=O) groups is 1. The minimum atomic E-state index is -0.129. The second-order valence-corrected chi connectivity index (χ2v) is 6.20. The molecule has 20 heavy (non-hydrogen) atoms. The summed E-state index contributed by atoms with van der Waals surface area (Å²) in [7, 11) is 0. The SMILES string of the molecule is CC(NC(=O)CCC1CCNC1)c1cc(Cl)ccc1Cl. The first kappa shape index (κ1) is 15.6. The third-order valence-corrected chi connectivity index (χ3v) is 4.32. The minimum absolute atomic E-state index is 0.0699. The van der Waals surface area contributed by atoms with Gasteiger partial charge < -0.3 is 10.6 Å². The van der Waals surface area contributed by atoms with Crippen molar-refractivity contribution in [2.24, 2.45) is 5.92 Å². The van der Waals surface area contributed by atoms with E-state index in [-0.39, 0.29) is 11.9 Å². The van der Waals surface area contributed by atoms with Crippen molar-refractivity contribution < 1.29 is 4.79 Å². The molecule has 1 aliphatic rings. The van der Waals surface area contributed by atoms with Gasteiger partial charge in [-0.05, 0) is 62.5 Å². The zero-order chi connectivity index (χ0) is 14.5. The highest BCUT2D eigenvalue weighted by molar-refractivity contribution is 6.33. The molecule has 0 spiro atoms. The van der Waals surface area contributed by atoms with Crippen LogP contribution >= 0.6 is 23.2 Å². The average molecular weight is 315 g/mol. The second-order valence-electron chi connectivity index (χ2n) is 5.35. The van der Waals surface area contributed by atoms with E-state index in [2.05, 4.69) is 10.6 Å². The van der Waals surface area contributed by atoms with Gasteiger partial charge in [0.2, 0.25) is 5.91 Å². The maximum absolute atomic E-state index is 12.0. The van der Waals surface area contributed by atoms with E-state index in [0.717, 1.165) is 25.1 Å². The molecule has 0 saturated carbocycles. The van der Waals surface area contributed by atoms with E-state index in [0.29, 0.717) is 22.4 Å². The highest BCUT2D eigenvalue weighted by Crippen LogP contribution is 2.26. The molecule has 0 radical (unpaired) electrons. The Bertz CT molecular complexity index is 473. The monoisotopic (exact) mass is 314 g/mol. The van der Waals surface area contributed by atoms with Crippen molar-refractivity contribution in [2.45, 2.75) is 32.2 Å². The van der Waals surface area contributed by atoms with Crippen LogP contribution in [-0.4, -0.2) is 19.0 Å². The number of amides is 1. The van der Waals surface area contributed by atoms with Gasteiger partial charge in [-0.25, -0.2) is 0 Å². The van der Waals surface area contributed by atoms with Crippen LogP contribution in [0.15, 0.2) is 18.2 Å². The van der Waals surface area contributed by atoms with Crippen LogP contribution in [0, 0.1) is 5.92 Å². The van der Waals surface area contributed by atoms with Crippen LogP contribution < -0.4 is 10.6 Å². The van der Waals surface area contributed by atoms with Gasteiger partial charge in [0.15, 0.2) is 0 Å². The van der Waals surface area contributed by atoms with Gasteiger partial charge in [-0.2, -0.15) is 0 Å². The number of carbonyl (C=O) groups excluding carboxylic acids is 1. The Balaban J connectivity index is 1.85. The van der Waals surface area contributed by atoms with E-state index in [1.807, 2.05) is 6.92 Å². The third-order valence-electron chi connectivity index (χ3n) is 3.74. The molecule has 0 bridgehead atoms. The Hall–Kier alpha value is -0.770. The van der Waals surface area contributed by atoms with Gasteiger partial charge in [-0.1, -0.05) is 23.2 Å². The minimum Gasteiger partial charge on any atom is -0.350 e. The van der Waals surface area contributed by atoms with Crippen LogP contribution in [0.3, 0.4) is 0 Å². The average Bonchev–Trinajstić information content (AvgIpc) is 2.92. The van der Waals surface area contributed by atoms with Gasteiger partial charge >= 0.3 is 0 Å². The Labute approximate surface area is 130 Å². The van der Waals surface area contributed by atoms with Crippen molar-refractivity contribution in [3.05, 3.63) is 33.8 Å². The Morgan fingerprint density at radius 3 is 3.00 bits per heavy atom. The fourth-order valence-corrected chi connectivity index (χ4v) is 3.00. The van der Waals surface area contributed by atoms with Crippen molar-refractivity contribution in [1.82, 2.24) is 10.6 Å². The molecular formula is C15H20Cl2N2O. The Morgan fingerprint density at radius 2 is 2.30 bits per heavy atom. The van der Waals surface area contributed by atoms with E-state index >= 15 is 0 Å². The zero-order valence-electron chi connectivity index (χ0n) is 11.6. The summed E-state index contributed by atoms with van der Waals surface area (Å²) in [6.45, 7) is 4.02. The molecule has 1 aliphatic heterocycles. The molecule has 2 N–H and O–H groups in total. The van der Waals surface area contributed by atoms with Crippen molar-refractivity contribution in [2.75, 3.05) is 13.1 Å². The fourth-order valence-electron chi connectivity index (χ4n) is 2.53. The summed E-state index contributed by atoms with van der Waals surface area (Å²) in [6.07, 6.45) is 2.67. The van der Waals surface area contributed by atoms with Crippen molar-refractivity contribution in [3.8, 4) is 0 Å². The first-order chi connectivity index (χ1) is 9.56. The number of benzene rings is 1. The Morgan fingerprint density at radius 1 is 1.50 bits per heavy atom. The summed E-state index contributed by atoms with van der Waals surface area (Å²) >= 11 is 12.1. The molecule has 1 amide bonds. The van der Waals surface area contributed by atoms with E-state index in [1.165, 1.54) is 6.42 Å². The van der Waals surface area contributed by atoms with Gasteiger partial charge in [0.1, 0.15) is 0 Å². The normalized spacial score (nSPS) is 19.9. The van der Waals surface area contributed by atoms with Crippen LogP contribution in [0.5, 0.6) is 0 Å². The van der Waals surface area contributed by atoms with Crippen molar-refractivity contribution in [1.29, 1.82) is 0 Å². The molecule has 2 rings (SSSR count). The van der Waals surface area contributed by atoms with E-state index in [9.17, 15) is 4.79 Å². The molecule has 0 aromatic heterocycles. The molecule has 5 heteroatoms. The van der Waals surface area contributed by atoms with Gasteiger partial charge in [-0.3, -0.25) is 4.79 Å². The van der Waals surface area contributed by atoms with E-state index in [1.54, 1.807) is 18.2 Å². The smallest absolute Gasteiger partial charge is 0.220 e. The van der Waals surface area contributed by atoms with E-state index < -0.39 is 0 Å². The number of nitrogens with one attached hydrogen (secondary N) is 2.